The third-order valence-electron chi connectivity index (χ3n) is 7.53. The Balaban J connectivity index is 1.81. The maximum Gasteiger partial charge on any atom is 0.252 e. The molecule has 2 aromatic carbocycles. The fourth-order valence-corrected chi connectivity index (χ4v) is 4.77. The molecule has 4 aromatic rings. The predicted octanol–water partition coefficient (Wildman–Crippen LogP) is 5.44. The average molecular weight is 503 g/mol. The van der Waals surface area contributed by atoms with Crippen molar-refractivity contribution >= 4 is 10.9 Å². The lowest BCUT2D eigenvalue weighted by molar-refractivity contribution is 0.149. The van der Waals surface area contributed by atoms with Crippen molar-refractivity contribution < 1.29 is 4.74 Å². The molecule has 196 valence electrons. The van der Waals surface area contributed by atoms with Crippen molar-refractivity contribution in [1.29, 1.82) is 0 Å². The molecule has 0 amide bonds. The molecular formula is C29H38N6O2. The van der Waals surface area contributed by atoms with Gasteiger partial charge >= 0.3 is 0 Å². The monoisotopic (exact) mass is 502 g/mol. The summed E-state index contributed by atoms with van der Waals surface area (Å²) in [4.78, 5) is 18.6. The number of pyridine rings is 1. The SMILES string of the molecule is CC[C@@H](c1nnnn1C(C)(C)CC)N(Cc1ccccc1OC)Cc1cc2cc(C)c(C)cc2[nH]c1=O. The van der Waals surface area contributed by atoms with E-state index >= 15 is 0 Å². The van der Waals surface area contributed by atoms with Gasteiger partial charge in [0.25, 0.3) is 5.56 Å². The van der Waals surface area contributed by atoms with Crippen LogP contribution < -0.4 is 10.3 Å². The van der Waals surface area contributed by atoms with E-state index in [0.717, 1.165) is 46.4 Å². The first kappa shape index (κ1) is 26.5. The number of tetrazole rings is 1. The molecule has 37 heavy (non-hydrogen) atoms. The lowest BCUT2D eigenvalue weighted by Crippen LogP contribution is -2.36. The number of rotatable bonds is 10. The molecule has 2 heterocycles. The number of nitrogens with one attached hydrogen (secondary N) is 1. The number of hydrogen-bond donors (Lipinski definition) is 1. The Bertz CT molecular complexity index is 1440. The van der Waals surface area contributed by atoms with E-state index in [-0.39, 0.29) is 17.1 Å². The van der Waals surface area contributed by atoms with Gasteiger partial charge in [-0.1, -0.05) is 32.0 Å². The zero-order valence-corrected chi connectivity index (χ0v) is 23.0. The van der Waals surface area contributed by atoms with E-state index < -0.39 is 0 Å². The summed E-state index contributed by atoms with van der Waals surface area (Å²) < 4.78 is 7.60. The predicted molar refractivity (Wildman–Crippen MR) is 147 cm³/mol. The van der Waals surface area contributed by atoms with Gasteiger partial charge in [-0.15, -0.1) is 5.10 Å². The van der Waals surface area contributed by atoms with Gasteiger partial charge in [-0.2, -0.15) is 0 Å². The van der Waals surface area contributed by atoms with Crippen LogP contribution in [0.25, 0.3) is 10.9 Å². The standard InChI is InChI=1S/C29H38N6O2/c1-8-25(27-31-32-33-35(27)29(5,6)9-2)34(17-21-12-10-11-13-26(21)37-7)18-23-16-22-14-19(3)20(4)15-24(22)30-28(23)36/h10-16,25H,8-9,17-18H2,1-7H3,(H,30,36)/t25-/m0/s1. The molecule has 0 saturated carbocycles. The van der Waals surface area contributed by atoms with Gasteiger partial charge in [0.15, 0.2) is 5.82 Å². The molecule has 0 unspecified atom stereocenters. The summed E-state index contributed by atoms with van der Waals surface area (Å²) in [6.45, 7) is 13.7. The summed E-state index contributed by atoms with van der Waals surface area (Å²) in [6, 6.07) is 14.1. The van der Waals surface area contributed by atoms with Crippen LogP contribution in [0.1, 0.15) is 74.7 Å². The van der Waals surface area contributed by atoms with Crippen LogP contribution in [0.4, 0.5) is 0 Å². The second kappa shape index (κ2) is 10.8. The number of hydrogen-bond acceptors (Lipinski definition) is 6. The molecule has 4 rings (SSSR count). The second-order valence-electron chi connectivity index (χ2n) is 10.4. The smallest absolute Gasteiger partial charge is 0.252 e. The van der Waals surface area contributed by atoms with Crippen LogP contribution in [0.5, 0.6) is 5.75 Å². The first-order valence-corrected chi connectivity index (χ1v) is 13.0. The van der Waals surface area contributed by atoms with Gasteiger partial charge in [0.2, 0.25) is 0 Å². The molecular weight excluding hydrogens is 464 g/mol. The highest BCUT2D eigenvalue weighted by molar-refractivity contribution is 5.80. The van der Waals surface area contributed by atoms with Crippen molar-refractivity contribution in [2.75, 3.05) is 7.11 Å². The third kappa shape index (κ3) is 5.44. The average Bonchev–Trinajstić information content (AvgIpc) is 3.37. The maximum absolute atomic E-state index is 13.3. The summed E-state index contributed by atoms with van der Waals surface area (Å²) in [5.74, 6) is 1.61. The van der Waals surface area contributed by atoms with Gasteiger partial charge in [0.05, 0.1) is 18.7 Å². The second-order valence-corrected chi connectivity index (χ2v) is 10.4. The molecule has 0 fully saturated rings. The first-order valence-electron chi connectivity index (χ1n) is 13.0. The molecule has 0 spiro atoms. The van der Waals surface area contributed by atoms with Crippen LogP contribution in [0.3, 0.4) is 0 Å². The maximum atomic E-state index is 13.3. The third-order valence-corrected chi connectivity index (χ3v) is 7.53. The fourth-order valence-electron chi connectivity index (χ4n) is 4.77. The summed E-state index contributed by atoms with van der Waals surface area (Å²) >= 11 is 0. The molecule has 0 aliphatic heterocycles. The lowest BCUT2D eigenvalue weighted by Gasteiger charge is -2.33. The number of benzene rings is 2. The number of methoxy groups -OCH3 is 1. The highest BCUT2D eigenvalue weighted by Crippen LogP contribution is 2.32. The largest absolute Gasteiger partial charge is 0.496 e. The molecule has 1 N–H and O–H groups in total. The summed E-state index contributed by atoms with van der Waals surface area (Å²) in [6.07, 6.45) is 1.66. The van der Waals surface area contributed by atoms with Crippen molar-refractivity contribution in [3.05, 3.63) is 80.9 Å². The van der Waals surface area contributed by atoms with Gasteiger partial charge in [-0.05, 0) is 91.7 Å². The normalized spacial score (nSPS) is 12.9. The topological polar surface area (TPSA) is 88.9 Å². The summed E-state index contributed by atoms with van der Waals surface area (Å²) in [5, 5.41) is 13.9. The van der Waals surface area contributed by atoms with Crippen LogP contribution in [0.2, 0.25) is 0 Å². The van der Waals surface area contributed by atoms with Gasteiger partial charge in [-0.25, -0.2) is 4.68 Å². The van der Waals surface area contributed by atoms with Crippen LogP contribution in [-0.4, -0.2) is 37.2 Å². The molecule has 0 bridgehead atoms. The van der Waals surface area contributed by atoms with E-state index in [1.165, 1.54) is 5.56 Å². The zero-order chi connectivity index (χ0) is 26.7. The lowest BCUT2D eigenvalue weighted by atomic mass is 10.0. The van der Waals surface area contributed by atoms with E-state index in [2.05, 4.69) is 79.1 Å². The Hall–Kier alpha value is -3.52. The summed E-state index contributed by atoms with van der Waals surface area (Å²) in [7, 11) is 1.68. The Morgan fingerprint density at radius 2 is 1.76 bits per heavy atom. The van der Waals surface area contributed by atoms with E-state index in [4.69, 9.17) is 4.74 Å². The minimum Gasteiger partial charge on any atom is -0.496 e. The van der Waals surface area contributed by atoms with Gasteiger partial charge in [-0.3, -0.25) is 9.69 Å². The molecule has 0 aliphatic carbocycles. The molecule has 8 nitrogen and oxygen atoms in total. The van der Waals surface area contributed by atoms with E-state index in [1.807, 2.05) is 35.0 Å². The number of aromatic nitrogens is 5. The molecule has 2 aromatic heterocycles. The number of fused-ring (bicyclic) bond motifs is 1. The molecule has 1 atom stereocenters. The fraction of sp³-hybridized carbons (Fsp3) is 0.448. The molecule has 8 heteroatoms. The first-order chi connectivity index (χ1) is 17.7. The Morgan fingerprint density at radius 3 is 2.46 bits per heavy atom. The van der Waals surface area contributed by atoms with Crippen molar-refractivity contribution in [1.82, 2.24) is 30.1 Å². The van der Waals surface area contributed by atoms with Gasteiger partial charge < -0.3 is 9.72 Å². The Labute approximate surface area is 218 Å². The van der Waals surface area contributed by atoms with Crippen molar-refractivity contribution in [3.63, 3.8) is 0 Å². The zero-order valence-electron chi connectivity index (χ0n) is 23.0. The summed E-state index contributed by atoms with van der Waals surface area (Å²) in [5.41, 5.74) is 4.64. The van der Waals surface area contributed by atoms with E-state index in [0.29, 0.717) is 18.7 Å². The molecule has 0 saturated heterocycles. The number of H-pyrrole nitrogens is 1. The molecule has 0 aliphatic rings. The van der Waals surface area contributed by atoms with Crippen molar-refractivity contribution in [3.8, 4) is 5.75 Å². The van der Waals surface area contributed by atoms with Crippen LogP contribution in [0, 0.1) is 13.8 Å². The number of aryl methyl sites for hydroxylation is 2. The Kier molecular flexibility index (Phi) is 7.78. The number of para-hydroxylation sites is 1. The number of aromatic amines is 1. The van der Waals surface area contributed by atoms with Gasteiger partial charge in [0.1, 0.15) is 5.75 Å². The van der Waals surface area contributed by atoms with E-state index in [1.54, 1.807) is 7.11 Å². The minimum absolute atomic E-state index is 0.0795. The quantitative estimate of drug-likeness (QED) is 0.311. The minimum atomic E-state index is -0.238. The van der Waals surface area contributed by atoms with E-state index in [9.17, 15) is 4.79 Å². The van der Waals surface area contributed by atoms with Crippen LogP contribution >= 0.6 is 0 Å². The highest BCUT2D eigenvalue weighted by Gasteiger charge is 2.31. The highest BCUT2D eigenvalue weighted by atomic mass is 16.5. The van der Waals surface area contributed by atoms with Gasteiger partial charge in [0, 0.05) is 29.7 Å². The number of ether oxygens (including phenoxy) is 1. The van der Waals surface area contributed by atoms with Crippen LogP contribution in [0.15, 0.2) is 47.3 Å². The van der Waals surface area contributed by atoms with Crippen LogP contribution in [-0.2, 0) is 18.6 Å². The number of nitrogens with zero attached hydrogens (tertiary/aromatic N) is 5. The Morgan fingerprint density at radius 1 is 1.05 bits per heavy atom. The van der Waals surface area contributed by atoms with Crippen molar-refractivity contribution in [2.45, 2.75) is 79.1 Å². The van der Waals surface area contributed by atoms with Crippen molar-refractivity contribution in [2.24, 2.45) is 0 Å². The molecule has 0 radical (unpaired) electrons.